The fraction of sp³-hybridized carbons (Fsp3) is 0. The smallest absolute Gasteiger partial charge is 0.0633 e. The second-order valence-electron chi connectivity index (χ2n) is 11.7. The van der Waals surface area contributed by atoms with Crippen molar-refractivity contribution >= 4 is 75.1 Å². The first kappa shape index (κ1) is 24.8. The fourth-order valence-corrected chi connectivity index (χ4v) is 8.53. The number of hydrogen-bond donors (Lipinski definition) is 0. The highest BCUT2D eigenvalue weighted by atomic mass is 32.1. The predicted octanol–water partition coefficient (Wildman–Crippen LogP) is 11.9. The lowest BCUT2D eigenvalue weighted by Gasteiger charge is -2.17. The molecule has 0 aliphatic heterocycles. The highest BCUT2D eigenvalue weighted by Crippen LogP contribution is 2.45. The van der Waals surface area contributed by atoms with Crippen LogP contribution in [0.25, 0.3) is 86.3 Å². The number of aromatic nitrogens is 2. The van der Waals surface area contributed by atoms with Crippen molar-refractivity contribution in [1.82, 2.24) is 9.13 Å². The van der Waals surface area contributed by atoms with E-state index in [0.29, 0.717) is 0 Å². The van der Waals surface area contributed by atoms with Gasteiger partial charge in [-0.15, -0.1) is 11.3 Å². The van der Waals surface area contributed by atoms with Gasteiger partial charge in [0.05, 0.1) is 27.8 Å². The third-order valence-corrected chi connectivity index (χ3v) is 10.5. The van der Waals surface area contributed by atoms with Crippen LogP contribution < -0.4 is 0 Å². The van der Waals surface area contributed by atoms with Crippen molar-refractivity contribution in [2.45, 2.75) is 0 Å². The number of fused-ring (bicyclic) bond motifs is 9. The maximum Gasteiger partial charge on any atom is 0.0633 e. The Morgan fingerprint density at radius 2 is 0.933 bits per heavy atom. The highest BCUT2D eigenvalue weighted by Gasteiger charge is 2.22. The van der Waals surface area contributed by atoms with E-state index in [4.69, 9.17) is 0 Å². The minimum absolute atomic E-state index is 1.16. The van der Waals surface area contributed by atoms with E-state index in [1.807, 2.05) is 11.3 Å². The summed E-state index contributed by atoms with van der Waals surface area (Å²) in [5.74, 6) is 0. The molecule has 3 heteroatoms. The third kappa shape index (κ3) is 3.50. The Kier molecular flexibility index (Phi) is 5.19. The van der Waals surface area contributed by atoms with E-state index in [9.17, 15) is 0 Å². The van der Waals surface area contributed by atoms with Gasteiger partial charge in [-0.25, -0.2) is 0 Å². The van der Waals surface area contributed by atoms with Crippen LogP contribution in [0.4, 0.5) is 0 Å². The van der Waals surface area contributed by atoms with Gasteiger partial charge in [0, 0.05) is 53.0 Å². The fourth-order valence-electron chi connectivity index (χ4n) is 7.42. The summed E-state index contributed by atoms with van der Waals surface area (Å²) in [6.45, 7) is 0. The summed E-state index contributed by atoms with van der Waals surface area (Å²) < 4.78 is 7.57. The molecule has 0 N–H and O–H groups in total. The molecule has 0 amide bonds. The number of para-hydroxylation sites is 3. The van der Waals surface area contributed by atoms with Crippen LogP contribution in [0.2, 0.25) is 0 Å². The number of hydrogen-bond acceptors (Lipinski definition) is 1. The zero-order valence-electron chi connectivity index (χ0n) is 24.3. The molecule has 10 aromatic rings. The van der Waals surface area contributed by atoms with Gasteiger partial charge in [-0.2, -0.15) is 0 Å². The van der Waals surface area contributed by atoms with Crippen molar-refractivity contribution in [3.8, 4) is 22.5 Å². The quantitative estimate of drug-likeness (QED) is 0.194. The number of nitrogens with zero attached hydrogens (tertiary/aromatic N) is 2. The average Bonchev–Trinajstić information content (AvgIpc) is 3.76. The second kappa shape index (κ2) is 9.43. The van der Waals surface area contributed by atoms with E-state index < -0.39 is 0 Å². The Balaban J connectivity index is 1.39. The lowest BCUT2D eigenvalue weighted by atomic mass is 9.99. The highest BCUT2D eigenvalue weighted by molar-refractivity contribution is 7.25. The van der Waals surface area contributed by atoms with Crippen LogP contribution in [0, 0.1) is 0 Å². The first-order valence-corrected chi connectivity index (χ1v) is 16.2. The summed E-state index contributed by atoms with van der Waals surface area (Å²) in [6, 6.07) is 57.7. The van der Waals surface area contributed by atoms with Gasteiger partial charge in [0.1, 0.15) is 0 Å². The molecule has 7 aromatic carbocycles. The first-order valence-electron chi connectivity index (χ1n) is 15.4. The zero-order valence-corrected chi connectivity index (χ0v) is 25.1. The maximum absolute atomic E-state index is 2.53. The molecular formula is C42H26N2S. The third-order valence-electron chi connectivity index (χ3n) is 9.32. The number of benzene rings is 7. The van der Waals surface area contributed by atoms with E-state index in [-0.39, 0.29) is 0 Å². The Bertz CT molecular complexity index is 2710. The average molecular weight is 591 g/mol. The molecule has 0 unspecified atom stereocenters. The van der Waals surface area contributed by atoms with E-state index in [2.05, 4.69) is 167 Å². The monoisotopic (exact) mass is 590 g/mol. The van der Waals surface area contributed by atoms with Gasteiger partial charge in [0.25, 0.3) is 0 Å². The van der Waals surface area contributed by atoms with Crippen LogP contribution >= 0.6 is 11.3 Å². The van der Waals surface area contributed by atoms with Gasteiger partial charge < -0.3 is 9.13 Å². The molecule has 3 aromatic heterocycles. The molecule has 0 bridgehead atoms. The summed E-state index contributed by atoms with van der Waals surface area (Å²) in [7, 11) is 0. The summed E-state index contributed by atoms with van der Waals surface area (Å²) in [5, 5.41) is 7.67. The topological polar surface area (TPSA) is 9.86 Å². The Labute approximate surface area is 263 Å². The number of rotatable bonds is 3. The molecule has 0 spiro atoms. The maximum atomic E-state index is 2.53. The van der Waals surface area contributed by atoms with Gasteiger partial charge in [0.2, 0.25) is 0 Å². The van der Waals surface area contributed by atoms with E-state index in [0.717, 1.165) is 5.69 Å². The van der Waals surface area contributed by atoms with Crippen LogP contribution in [0.1, 0.15) is 0 Å². The molecular weight excluding hydrogens is 565 g/mol. The van der Waals surface area contributed by atoms with Crippen molar-refractivity contribution in [2.75, 3.05) is 0 Å². The molecule has 0 atom stereocenters. The lowest BCUT2D eigenvalue weighted by molar-refractivity contribution is 1.16. The van der Waals surface area contributed by atoms with Crippen molar-refractivity contribution in [3.63, 3.8) is 0 Å². The summed E-state index contributed by atoms with van der Waals surface area (Å²) in [5.41, 5.74) is 9.70. The lowest BCUT2D eigenvalue weighted by Crippen LogP contribution is -2.00. The first-order chi connectivity index (χ1) is 22.3. The zero-order chi connectivity index (χ0) is 29.5. The molecule has 0 aliphatic rings. The van der Waals surface area contributed by atoms with E-state index in [1.165, 1.54) is 80.6 Å². The largest absolute Gasteiger partial charge is 0.309 e. The standard InChI is InChI=1S/C42H26N2S/c1-2-12-27(13-3-1)29-24-25-40-41(34-17-7-11-21-39(34)45-40)42(29)44-37-20-10-6-16-32(37)33-23-22-28(26-38(33)44)43-35-18-8-4-14-30(35)31-15-5-9-19-36(31)43/h1-26H. The molecule has 0 radical (unpaired) electrons. The SMILES string of the molecule is c1ccc(-c2ccc3sc4ccccc4c3c2-n2c3ccccc3c3ccc(-n4c5ccccc5c5ccccc54)cc32)cc1. The van der Waals surface area contributed by atoms with Crippen molar-refractivity contribution in [2.24, 2.45) is 0 Å². The minimum Gasteiger partial charge on any atom is -0.309 e. The molecule has 210 valence electrons. The van der Waals surface area contributed by atoms with Crippen LogP contribution in [0.3, 0.4) is 0 Å². The van der Waals surface area contributed by atoms with E-state index >= 15 is 0 Å². The van der Waals surface area contributed by atoms with Crippen molar-refractivity contribution in [3.05, 3.63) is 158 Å². The normalized spacial score (nSPS) is 12.0. The van der Waals surface area contributed by atoms with Crippen LogP contribution in [0.15, 0.2) is 158 Å². The van der Waals surface area contributed by atoms with Crippen LogP contribution in [-0.2, 0) is 0 Å². The summed E-state index contributed by atoms with van der Waals surface area (Å²) in [6.07, 6.45) is 0. The Morgan fingerprint density at radius 3 is 1.62 bits per heavy atom. The molecule has 0 aliphatic carbocycles. The van der Waals surface area contributed by atoms with Gasteiger partial charge in [-0.05, 0) is 48.0 Å². The van der Waals surface area contributed by atoms with Crippen LogP contribution in [-0.4, -0.2) is 9.13 Å². The van der Waals surface area contributed by atoms with Crippen molar-refractivity contribution < 1.29 is 0 Å². The van der Waals surface area contributed by atoms with Gasteiger partial charge in [-0.1, -0.05) is 115 Å². The van der Waals surface area contributed by atoms with Crippen molar-refractivity contribution in [1.29, 1.82) is 0 Å². The van der Waals surface area contributed by atoms with Crippen LogP contribution in [0.5, 0.6) is 0 Å². The van der Waals surface area contributed by atoms with Gasteiger partial charge >= 0.3 is 0 Å². The summed E-state index contributed by atoms with van der Waals surface area (Å²) in [4.78, 5) is 0. The molecule has 10 rings (SSSR count). The predicted molar refractivity (Wildman–Crippen MR) is 193 cm³/mol. The molecule has 2 nitrogen and oxygen atoms in total. The molecule has 45 heavy (non-hydrogen) atoms. The Morgan fingerprint density at radius 1 is 0.378 bits per heavy atom. The molecule has 0 fully saturated rings. The number of thiophene rings is 1. The summed E-state index contributed by atoms with van der Waals surface area (Å²) >= 11 is 1.87. The van der Waals surface area contributed by atoms with Gasteiger partial charge in [-0.3, -0.25) is 0 Å². The molecule has 0 saturated carbocycles. The Hall–Kier alpha value is -5.64. The molecule has 3 heterocycles. The minimum atomic E-state index is 1.16. The van der Waals surface area contributed by atoms with Gasteiger partial charge in [0.15, 0.2) is 0 Å². The van der Waals surface area contributed by atoms with E-state index in [1.54, 1.807) is 0 Å². The second-order valence-corrected chi connectivity index (χ2v) is 12.8. The molecule has 0 saturated heterocycles.